The first-order chi connectivity index (χ1) is 10.9. The van der Waals surface area contributed by atoms with E-state index >= 15 is 0 Å². The number of rotatable bonds is 5. The normalized spacial score (nSPS) is 11.8. The van der Waals surface area contributed by atoms with E-state index in [4.69, 9.17) is 0 Å². The zero-order chi connectivity index (χ0) is 15.2. The number of aliphatic imine (C=N–C) groups is 1. The van der Waals surface area contributed by atoms with Gasteiger partial charge in [-0.25, -0.2) is 0 Å². The Morgan fingerprint density at radius 3 is 3.00 bits per heavy atom. The predicted molar refractivity (Wildman–Crippen MR) is 89.2 cm³/mol. The van der Waals surface area contributed by atoms with Gasteiger partial charge < -0.3 is 10.6 Å². The zero-order valence-corrected chi connectivity index (χ0v) is 13.2. The molecular formula is C15H18N6S. The molecule has 3 aromatic heterocycles. The van der Waals surface area contributed by atoms with Crippen LogP contribution in [0.5, 0.6) is 0 Å². The molecule has 0 radical (unpaired) electrons. The van der Waals surface area contributed by atoms with Crippen molar-refractivity contribution in [2.45, 2.75) is 13.0 Å². The summed E-state index contributed by atoms with van der Waals surface area (Å²) in [5.41, 5.74) is 0.847. The second-order valence-electron chi connectivity index (χ2n) is 4.73. The number of thiophene rings is 1. The number of aromatic nitrogens is 3. The predicted octanol–water partition coefficient (Wildman–Crippen LogP) is 1.70. The van der Waals surface area contributed by atoms with Crippen LogP contribution >= 0.6 is 11.3 Å². The molecule has 7 heteroatoms. The van der Waals surface area contributed by atoms with E-state index in [-0.39, 0.29) is 0 Å². The van der Waals surface area contributed by atoms with Crippen LogP contribution in [-0.2, 0) is 13.0 Å². The van der Waals surface area contributed by atoms with Crippen molar-refractivity contribution in [1.82, 2.24) is 25.2 Å². The number of nitrogens with one attached hydrogen (secondary N) is 2. The SMILES string of the molecule is CN=C(NCCc1cccs1)NCc1nnc2ccccn12. The van der Waals surface area contributed by atoms with Crippen molar-refractivity contribution in [2.24, 2.45) is 4.99 Å². The van der Waals surface area contributed by atoms with Crippen LogP contribution in [0.4, 0.5) is 0 Å². The molecule has 0 atom stereocenters. The van der Waals surface area contributed by atoms with Gasteiger partial charge in [-0.05, 0) is 30.0 Å². The molecule has 0 spiro atoms. The lowest BCUT2D eigenvalue weighted by atomic mass is 10.3. The standard InChI is InChI=1S/C15H18N6S/c1-16-15(17-8-7-12-5-4-10-22-12)18-11-14-20-19-13-6-2-3-9-21(13)14/h2-6,9-10H,7-8,11H2,1H3,(H2,16,17,18). The van der Waals surface area contributed by atoms with Gasteiger partial charge in [0, 0.05) is 24.7 Å². The van der Waals surface area contributed by atoms with Gasteiger partial charge >= 0.3 is 0 Å². The number of hydrogen-bond donors (Lipinski definition) is 2. The van der Waals surface area contributed by atoms with Gasteiger partial charge in [0.2, 0.25) is 0 Å². The highest BCUT2D eigenvalue weighted by Gasteiger charge is 2.05. The Labute approximate surface area is 132 Å². The fraction of sp³-hybridized carbons (Fsp3) is 0.267. The highest BCUT2D eigenvalue weighted by molar-refractivity contribution is 7.09. The summed E-state index contributed by atoms with van der Waals surface area (Å²) in [6.45, 7) is 1.42. The van der Waals surface area contributed by atoms with Crippen LogP contribution in [0.15, 0.2) is 46.9 Å². The Hall–Kier alpha value is -2.41. The lowest BCUT2D eigenvalue weighted by molar-refractivity contribution is 0.759. The summed E-state index contributed by atoms with van der Waals surface area (Å²) >= 11 is 1.77. The van der Waals surface area contributed by atoms with E-state index in [9.17, 15) is 0 Å². The molecule has 0 aromatic carbocycles. The Morgan fingerprint density at radius 2 is 2.18 bits per heavy atom. The second kappa shape index (κ2) is 7.04. The molecule has 3 heterocycles. The minimum atomic E-state index is 0.573. The van der Waals surface area contributed by atoms with Gasteiger partial charge in [0.15, 0.2) is 17.4 Å². The van der Waals surface area contributed by atoms with Crippen LogP contribution in [-0.4, -0.2) is 34.2 Å². The third-order valence-electron chi connectivity index (χ3n) is 3.27. The summed E-state index contributed by atoms with van der Waals surface area (Å²) in [6, 6.07) is 10.1. The lowest BCUT2D eigenvalue weighted by Crippen LogP contribution is -2.38. The van der Waals surface area contributed by atoms with Gasteiger partial charge in [0.25, 0.3) is 0 Å². The van der Waals surface area contributed by atoms with Crippen molar-refractivity contribution in [2.75, 3.05) is 13.6 Å². The van der Waals surface area contributed by atoms with E-state index in [2.05, 4.69) is 43.3 Å². The van der Waals surface area contributed by atoms with Crippen LogP contribution in [0.1, 0.15) is 10.7 Å². The first-order valence-electron chi connectivity index (χ1n) is 7.12. The van der Waals surface area contributed by atoms with E-state index in [1.54, 1.807) is 18.4 Å². The van der Waals surface area contributed by atoms with Crippen molar-refractivity contribution in [3.8, 4) is 0 Å². The Balaban J connectivity index is 1.52. The third-order valence-corrected chi connectivity index (χ3v) is 4.20. The van der Waals surface area contributed by atoms with Crippen LogP contribution in [0.25, 0.3) is 5.65 Å². The monoisotopic (exact) mass is 314 g/mol. The van der Waals surface area contributed by atoms with E-state index in [0.29, 0.717) is 6.54 Å². The molecule has 3 aromatic rings. The van der Waals surface area contributed by atoms with Gasteiger partial charge in [-0.15, -0.1) is 21.5 Å². The van der Waals surface area contributed by atoms with Crippen molar-refractivity contribution in [3.63, 3.8) is 0 Å². The van der Waals surface area contributed by atoms with Crippen LogP contribution < -0.4 is 10.6 Å². The number of guanidine groups is 1. The van der Waals surface area contributed by atoms with Crippen LogP contribution in [0.2, 0.25) is 0 Å². The lowest BCUT2D eigenvalue weighted by Gasteiger charge is -2.10. The van der Waals surface area contributed by atoms with Crippen molar-refractivity contribution >= 4 is 22.9 Å². The molecule has 2 N–H and O–H groups in total. The Kier molecular flexibility index (Phi) is 4.65. The smallest absolute Gasteiger partial charge is 0.191 e. The van der Waals surface area contributed by atoms with Crippen molar-refractivity contribution in [1.29, 1.82) is 0 Å². The molecule has 0 fully saturated rings. The van der Waals surface area contributed by atoms with E-state index in [0.717, 1.165) is 30.4 Å². The summed E-state index contributed by atoms with van der Waals surface area (Å²) in [5, 5.41) is 17.0. The molecule has 6 nitrogen and oxygen atoms in total. The molecule has 0 amide bonds. The molecule has 22 heavy (non-hydrogen) atoms. The Bertz CT molecular complexity index is 746. The Morgan fingerprint density at radius 1 is 1.23 bits per heavy atom. The third kappa shape index (κ3) is 3.43. The van der Waals surface area contributed by atoms with Gasteiger partial charge in [-0.2, -0.15) is 0 Å². The second-order valence-corrected chi connectivity index (χ2v) is 5.76. The fourth-order valence-electron chi connectivity index (χ4n) is 2.15. The molecule has 114 valence electrons. The highest BCUT2D eigenvalue weighted by Crippen LogP contribution is 2.08. The maximum absolute atomic E-state index is 4.23. The summed E-state index contributed by atoms with van der Waals surface area (Å²) in [4.78, 5) is 5.59. The maximum atomic E-state index is 4.23. The molecule has 0 saturated heterocycles. The van der Waals surface area contributed by atoms with E-state index in [1.165, 1.54) is 4.88 Å². The molecule has 0 bridgehead atoms. The quantitative estimate of drug-likeness (QED) is 0.556. The largest absolute Gasteiger partial charge is 0.356 e. The first kappa shape index (κ1) is 14.5. The van der Waals surface area contributed by atoms with Crippen molar-refractivity contribution in [3.05, 3.63) is 52.6 Å². The number of nitrogens with zero attached hydrogens (tertiary/aromatic N) is 4. The van der Waals surface area contributed by atoms with Gasteiger partial charge in [0.1, 0.15) is 0 Å². The first-order valence-corrected chi connectivity index (χ1v) is 8.00. The average Bonchev–Trinajstić information content (AvgIpc) is 3.20. The number of fused-ring (bicyclic) bond motifs is 1. The minimum absolute atomic E-state index is 0.573. The summed E-state index contributed by atoms with van der Waals surface area (Å²) in [6.07, 6.45) is 2.95. The van der Waals surface area contributed by atoms with E-state index in [1.807, 2.05) is 28.8 Å². The minimum Gasteiger partial charge on any atom is -0.356 e. The molecule has 0 saturated carbocycles. The van der Waals surface area contributed by atoms with E-state index < -0.39 is 0 Å². The van der Waals surface area contributed by atoms with Crippen LogP contribution in [0, 0.1) is 0 Å². The molecular weight excluding hydrogens is 296 g/mol. The molecule has 0 unspecified atom stereocenters. The summed E-state index contributed by atoms with van der Waals surface area (Å²) < 4.78 is 1.96. The van der Waals surface area contributed by atoms with Gasteiger partial charge in [-0.1, -0.05) is 12.1 Å². The fourth-order valence-corrected chi connectivity index (χ4v) is 2.86. The number of pyridine rings is 1. The molecule has 0 aliphatic heterocycles. The molecule has 3 rings (SSSR count). The molecule has 0 aliphatic rings. The maximum Gasteiger partial charge on any atom is 0.191 e. The molecule has 0 aliphatic carbocycles. The topological polar surface area (TPSA) is 66.6 Å². The van der Waals surface area contributed by atoms with Crippen LogP contribution in [0.3, 0.4) is 0 Å². The highest BCUT2D eigenvalue weighted by atomic mass is 32.1. The van der Waals surface area contributed by atoms with Crippen molar-refractivity contribution < 1.29 is 0 Å². The van der Waals surface area contributed by atoms with Gasteiger partial charge in [-0.3, -0.25) is 9.39 Å². The summed E-state index contributed by atoms with van der Waals surface area (Å²) in [7, 11) is 1.77. The number of hydrogen-bond acceptors (Lipinski definition) is 4. The zero-order valence-electron chi connectivity index (χ0n) is 12.4. The van der Waals surface area contributed by atoms with Gasteiger partial charge in [0.05, 0.1) is 6.54 Å². The summed E-state index contributed by atoms with van der Waals surface area (Å²) in [5.74, 6) is 1.63. The average molecular weight is 314 g/mol.